The largest absolute Gasteiger partial charge is 0.391 e. The molecule has 7 atom stereocenters. The number of rotatable bonds is 8. The average molecular weight is 541 g/mol. The summed E-state index contributed by atoms with van der Waals surface area (Å²) in [6.07, 6.45) is 1.80. The topological polar surface area (TPSA) is 96.9 Å². The first-order valence-corrected chi connectivity index (χ1v) is 13.6. The van der Waals surface area contributed by atoms with Crippen LogP contribution in [0.5, 0.6) is 0 Å². The highest BCUT2D eigenvalue weighted by atomic mass is 35.5. The molecule has 5 rings (SSSR count). The zero-order valence-corrected chi connectivity index (χ0v) is 21.3. The number of aliphatic hydroxyl groups is 1. The van der Waals surface area contributed by atoms with Crippen molar-refractivity contribution in [2.45, 2.75) is 123 Å². The van der Waals surface area contributed by atoms with Gasteiger partial charge in [0.1, 0.15) is 25.6 Å². The fourth-order valence-electron chi connectivity index (χ4n) is 6.08. The van der Waals surface area contributed by atoms with Crippen LogP contribution >= 0.6 is 23.2 Å². The SMILES string of the molecule is O=C(COC1CCC(F)C(Cl)C1)NC12CCC(NC(=O)COC3CCC(F)C(Cl)C3)(CC1)[C@@H](O)C2. The molecule has 0 aromatic rings. The predicted molar refractivity (Wildman–Crippen MR) is 127 cm³/mol. The predicted octanol–water partition coefficient (Wildman–Crippen LogP) is 3.06. The third-order valence-corrected chi connectivity index (χ3v) is 9.21. The lowest BCUT2D eigenvalue weighted by atomic mass is 9.60. The molecule has 5 saturated carbocycles. The van der Waals surface area contributed by atoms with E-state index in [-0.39, 0.29) is 37.2 Å². The fourth-order valence-corrected chi connectivity index (χ4v) is 6.73. The van der Waals surface area contributed by atoms with E-state index in [1.807, 2.05) is 0 Å². The van der Waals surface area contributed by atoms with Crippen molar-refractivity contribution in [2.24, 2.45) is 0 Å². The Kier molecular flexibility index (Phi) is 8.84. The molecule has 2 bridgehead atoms. The molecule has 0 heterocycles. The number of alkyl halides is 4. The summed E-state index contributed by atoms with van der Waals surface area (Å²) >= 11 is 12.0. The van der Waals surface area contributed by atoms with E-state index in [2.05, 4.69) is 10.6 Å². The third-order valence-electron chi connectivity index (χ3n) is 8.30. The highest BCUT2D eigenvalue weighted by Crippen LogP contribution is 2.47. The van der Waals surface area contributed by atoms with Crippen LogP contribution in [0.3, 0.4) is 0 Å². The summed E-state index contributed by atoms with van der Waals surface area (Å²) in [4.78, 5) is 25.2. The molecule has 5 fully saturated rings. The van der Waals surface area contributed by atoms with Crippen molar-refractivity contribution in [3.05, 3.63) is 0 Å². The van der Waals surface area contributed by atoms with Gasteiger partial charge in [0.05, 0.1) is 34.6 Å². The number of hydrogen-bond acceptors (Lipinski definition) is 5. The molecule has 200 valence electrons. The van der Waals surface area contributed by atoms with Crippen molar-refractivity contribution >= 4 is 35.0 Å². The molecular weight excluding hydrogens is 505 g/mol. The minimum absolute atomic E-state index is 0.129. The quantitative estimate of drug-likeness (QED) is 0.411. The minimum atomic E-state index is -1.04. The lowest BCUT2D eigenvalue weighted by Crippen LogP contribution is -2.70. The normalized spacial score (nSPS) is 43.5. The van der Waals surface area contributed by atoms with Gasteiger partial charge in [0.25, 0.3) is 0 Å². The second kappa shape index (κ2) is 11.3. The molecule has 3 N–H and O–H groups in total. The second-order valence-corrected chi connectivity index (χ2v) is 11.9. The Morgan fingerprint density at radius 1 is 0.829 bits per heavy atom. The van der Waals surface area contributed by atoms with Crippen LogP contribution in [-0.4, -0.2) is 82.6 Å². The summed E-state index contributed by atoms with van der Waals surface area (Å²) in [5, 5.41) is 15.7. The van der Waals surface area contributed by atoms with E-state index in [9.17, 15) is 23.5 Å². The summed E-state index contributed by atoms with van der Waals surface area (Å²) < 4.78 is 38.4. The van der Waals surface area contributed by atoms with E-state index in [1.165, 1.54) is 0 Å². The van der Waals surface area contributed by atoms with Gasteiger partial charge in [0.2, 0.25) is 11.8 Å². The number of fused-ring (bicyclic) bond motifs is 3. The summed E-state index contributed by atoms with van der Waals surface area (Å²) in [6.45, 7) is -0.290. The van der Waals surface area contributed by atoms with E-state index in [0.717, 1.165) is 0 Å². The minimum Gasteiger partial charge on any atom is -0.391 e. The molecule has 0 saturated heterocycles. The Bertz CT molecular complexity index is 770. The highest BCUT2D eigenvalue weighted by Gasteiger charge is 2.55. The Morgan fingerprint density at radius 3 is 1.77 bits per heavy atom. The first-order valence-electron chi connectivity index (χ1n) is 12.7. The maximum absolute atomic E-state index is 13.5. The molecule has 0 aromatic carbocycles. The van der Waals surface area contributed by atoms with Crippen LogP contribution in [-0.2, 0) is 19.1 Å². The Labute approximate surface area is 214 Å². The number of halogens is 4. The number of aliphatic hydroxyl groups excluding tert-OH is 1. The van der Waals surface area contributed by atoms with Crippen LogP contribution in [0.2, 0.25) is 0 Å². The van der Waals surface area contributed by atoms with E-state index in [1.54, 1.807) is 0 Å². The third kappa shape index (κ3) is 6.58. The maximum atomic E-state index is 13.5. The molecule has 35 heavy (non-hydrogen) atoms. The number of carbonyl (C=O) groups excluding carboxylic acids is 2. The zero-order valence-electron chi connectivity index (χ0n) is 19.8. The summed E-state index contributed by atoms with van der Waals surface area (Å²) in [5.74, 6) is -0.580. The molecule has 5 aliphatic carbocycles. The number of carbonyl (C=O) groups is 2. The lowest BCUT2D eigenvalue weighted by Gasteiger charge is -2.56. The molecule has 0 aliphatic heterocycles. The van der Waals surface area contributed by atoms with Gasteiger partial charge in [-0.15, -0.1) is 23.2 Å². The van der Waals surface area contributed by atoms with Crippen LogP contribution < -0.4 is 10.6 Å². The van der Waals surface area contributed by atoms with E-state index in [4.69, 9.17) is 32.7 Å². The number of ether oxygens (including phenoxy) is 2. The summed E-state index contributed by atoms with van der Waals surface area (Å²) in [5.41, 5.74) is -1.27. The van der Waals surface area contributed by atoms with Gasteiger partial charge in [-0.2, -0.15) is 0 Å². The number of amides is 2. The molecule has 0 aromatic heterocycles. The average Bonchev–Trinajstić information content (AvgIpc) is 2.82. The van der Waals surface area contributed by atoms with E-state index in [0.29, 0.717) is 70.6 Å². The summed E-state index contributed by atoms with van der Waals surface area (Å²) in [7, 11) is 0. The van der Waals surface area contributed by atoms with Gasteiger partial charge in [-0.3, -0.25) is 9.59 Å². The van der Waals surface area contributed by atoms with Gasteiger partial charge in [-0.25, -0.2) is 8.78 Å². The summed E-state index contributed by atoms with van der Waals surface area (Å²) in [6, 6.07) is 0. The first kappa shape index (κ1) is 27.3. The zero-order chi connectivity index (χ0) is 25.2. The van der Waals surface area contributed by atoms with Crippen LogP contribution in [0.15, 0.2) is 0 Å². The molecule has 11 heteroatoms. The van der Waals surface area contributed by atoms with Crippen molar-refractivity contribution in [2.75, 3.05) is 13.2 Å². The smallest absolute Gasteiger partial charge is 0.246 e. The monoisotopic (exact) mass is 540 g/mol. The molecule has 0 radical (unpaired) electrons. The highest BCUT2D eigenvalue weighted by molar-refractivity contribution is 6.21. The van der Waals surface area contributed by atoms with Gasteiger partial charge in [-0.1, -0.05) is 0 Å². The lowest BCUT2D eigenvalue weighted by molar-refractivity contribution is -0.142. The van der Waals surface area contributed by atoms with Gasteiger partial charge in [0, 0.05) is 5.54 Å². The Hall–Kier alpha value is -0.740. The van der Waals surface area contributed by atoms with Gasteiger partial charge in [-0.05, 0) is 70.6 Å². The van der Waals surface area contributed by atoms with Crippen molar-refractivity contribution in [1.82, 2.24) is 10.6 Å². The van der Waals surface area contributed by atoms with Crippen molar-refractivity contribution in [1.29, 1.82) is 0 Å². The van der Waals surface area contributed by atoms with Crippen molar-refractivity contribution < 1.29 is 33.0 Å². The number of hydrogen-bond donors (Lipinski definition) is 3. The maximum Gasteiger partial charge on any atom is 0.246 e. The molecule has 0 spiro atoms. The van der Waals surface area contributed by atoms with Crippen LogP contribution in [0.25, 0.3) is 0 Å². The van der Waals surface area contributed by atoms with Crippen LogP contribution in [0.1, 0.15) is 70.6 Å². The second-order valence-electron chi connectivity index (χ2n) is 10.8. The Morgan fingerprint density at radius 2 is 1.31 bits per heavy atom. The molecular formula is C24H36Cl2F2N2O5. The van der Waals surface area contributed by atoms with Crippen LogP contribution in [0.4, 0.5) is 8.78 Å². The standard InChI is InChI=1S/C24H36Cl2F2N2O5/c25-16-9-14(1-3-18(16)27)34-12-21(32)29-23-5-7-24(8-6-23,20(31)11-23)30-22(33)13-35-15-2-4-19(28)17(26)10-15/h14-20,31H,1-13H2,(H,29,32)(H,30,33)/t14?,15?,16?,17?,18?,19?,20-,23?,24?/m0/s1. The molecule has 2 amide bonds. The van der Waals surface area contributed by atoms with Gasteiger partial charge in [0.15, 0.2) is 0 Å². The van der Waals surface area contributed by atoms with E-state index >= 15 is 0 Å². The van der Waals surface area contributed by atoms with Crippen molar-refractivity contribution in [3.8, 4) is 0 Å². The van der Waals surface area contributed by atoms with Gasteiger partial charge >= 0.3 is 0 Å². The van der Waals surface area contributed by atoms with Gasteiger partial charge < -0.3 is 25.2 Å². The molecule has 5 aliphatic rings. The molecule has 6 unspecified atom stereocenters. The number of nitrogens with one attached hydrogen (secondary N) is 2. The Balaban J connectivity index is 1.20. The fraction of sp³-hybridized carbons (Fsp3) is 0.917. The molecule has 7 nitrogen and oxygen atoms in total. The van der Waals surface area contributed by atoms with Crippen LogP contribution in [0, 0.1) is 0 Å². The first-order chi connectivity index (χ1) is 16.6. The van der Waals surface area contributed by atoms with Crippen molar-refractivity contribution in [3.63, 3.8) is 0 Å². The van der Waals surface area contributed by atoms with E-state index < -0.39 is 40.3 Å².